The first-order valence-corrected chi connectivity index (χ1v) is 11.1. The van der Waals surface area contributed by atoms with Gasteiger partial charge in [0.1, 0.15) is 0 Å². The van der Waals surface area contributed by atoms with Crippen LogP contribution in [0.2, 0.25) is 0 Å². The van der Waals surface area contributed by atoms with Gasteiger partial charge in [-0.25, -0.2) is 13.1 Å². The van der Waals surface area contributed by atoms with E-state index in [1.807, 2.05) is 32.9 Å². The average Bonchev–Trinajstić information content (AvgIpc) is 2.65. The minimum absolute atomic E-state index is 0.00420. The van der Waals surface area contributed by atoms with Crippen LogP contribution in [-0.2, 0) is 24.3 Å². The summed E-state index contributed by atoms with van der Waals surface area (Å²) in [4.78, 5) is 35.3. The van der Waals surface area contributed by atoms with Gasteiger partial charge in [-0.2, -0.15) is 0 Å². The van der Waals surface area contributed by atoms with Gasteiger partial charge in [0.2, 0.25) is 21.7 Å². The van der Waals surface area contributed by atoms with Gasteiger partial charge in [-0.05, 0) is 56.2 Å². The van der Waals surface area contributed by atoms with Crippen LogP contribution in [0.15, 0.2) is 41.3 Å². The first kappa shape index (κ1) is 24.2. The molecule has 0 heterocycles. The van der Waals surface area contributed by atoms with Gasteiger partial charge in [0.05, 0.1) is 11.3 Å². The Hall–Kier alpha value is -3.04. The van der Waals surface area contributed by atoms with Gasteiger partial charge < -0.3 is 10.1 Å². The molecular weight excluding hydrogens is 420 g/mol. The Kier molecular flexibility index (Phi) is 8.07. The highest BCUT2D eigenvalue weighted by Gasteiger charge is 2.17. The summed E-state index contributed by atoms with van der Waals surface area (Å²) in [6.45, 7) is 6.36. The van der Waals surface area contributed by atoms with Gasteiger partial charge in [0.15, 0.2) is 6.61 Å². The molecule has 0 radical (unpaired) electrons. The largest absolute Gasteiger partial charge is 0.457 e. The zero-order valence-corrected chi connectivity index (χ0v) is 18.8. The SMILES string of the molecule is CC(=O)Nc1ccc(S(=O)(=O)NCCC(=O)OCC(=O)c2c(C)cc(C)cc2C)cc1. The lowest BCUT2D eigenvalue weighted by atomic mass is 9.97. The number of ketones is 1. The third-order valence-corrected chi connectivity index (χ3v) is 5.90. The molecule has 9 heteroatoms. The number of ether oxygens (including phenoxy) is 1. The number of hydrogen-bond donors (Lipinski definition) is 2. The summed E-state index contributed by atoms with van der Waals surface area (Å²) in [5.74, 6) is -1.25. The fourth-order valence-corrected chi connectivity index (χ4v) is 4.23. The standard InChI is InChI=1S/C22H26N2O6S/c1-14-11-15(2)22(16(3)12-14)20(26)13-30-21(27)9-10-23-31(28,29)19-7-5-18(6-8-19)24-17(4)25/h5-8,11-12,23H,9-10,13H2,1-4H3,(H,24,25). The molecule has 0 saturated carbocycles. The molecule has 0 aromatic heterocycles. The number of rotatable bonds is 9. The Bertz CT molecular complexity index is 1070. The Balaban J connectivity index is 1.85. The van der Waals surface area contributed by atoms with Gasteiger partial charge in [0.25, 0.3) is 0 Å². The Labute approximate surface area is 182 Å². The monoisotopic (exact) mass is 446 g/mol. The Morgan fingerprint density at radius 3 is 2.10 bits per heavy atom. The van der Waals surface area contributed by atoms with Crippen LogP contribution in [0, 0.1) is 20.8 Å². The van der Waals surface area contributed by atoms with Crippen LogP contribution in [0.3, 0.4) is 0 Å². The molecule has 166 valence electrons. The molecule has 2 rings (SSSR count). The van der Waals surface area contributed by atoms with Crippen molar-refractivity contribution < 1.29 is 27.5 Å². The molecule has 2 aromatic rings. The van der Waals surface area contributed by atoms with E-state index >= 15 is 0 Å². The van der Waals surface area contributed by atoms with Crippen LogP contribution in [0.25, 0.3) is 0 Å². The molecule has 0 fully saturated rings. The second-order valence-corrected chi connectivity index (χ2v) is 8.98. The normalized spacial score (nSPS) is 11.1. The number of hydrogen-bond acceptors (Lipinski definition) is 6. The van der Waals surface area contributed by atoms with Gasteiger partial charge in [-0.15, -0.1) is 0 Å². The molecule has 0 bridgehead atoms. The van der Waals surface area contributed by atoms with Crippen LogP contribution in [0.4, 0.5) is 5.69 Å². The minimum Gasteiger partial charge on any atom is -0.457 e. The average molecular weight is 447 g/mol. The second-order valence-electron chi connectivity index (χ2n) is 7.21. The fourth-order valence-electron chi connectivity index (χ4n) is 3.20. The first-order valence-electron chi connectivity index (χ1n) is 9.63. The Morgan fingerprint density at radius 2 is 1.55 bits per heavy atom. The van der Waals surface area contributed by atoms with Crippen molar-refractivity contribution in [2.45, 2.75) is 39.0 Å². The van der Waals surface area contributed by atoms with Crippen LogP contribution in [0.5, 0.6) is 0 Å². The van der Waals surface area contributed by atoms with Crippen molar-refractivity contribution in [1.29, 1.82) is 0 Å². The summed E-state index contributed by atoms with van der Waals surface area (Å²) in [5.41, 5.74) is 3.67. The lowest BCUT2D eigenvalue weighted by molar-refractivity contribution is -0.142. The van der Waals surface area contributed by atoms with Gasteiger partial charge in [-0.3, -0.25) is 14.4 Å². The molecule has 2 N–H and O–H groups in total. The van der Waals surface area contributed by atoms with Crippen LogP contribution in [0.1, 0.15) is 40.4 Å². The number of amides is 1. The maximum Gasteiger partial charge on any atom is 0.307 e. The van der Waals surface area contributed by atoms with E-state index in [-0.39, 0.29) is 29.6 Å². The van der Waals surface area contributed by atoms with E-state index in [9.17, 15) is 22.8 Å². The number of sulfonamides is 1. The number of aryl methyl sites for hydroxylation is 3. The van der Waals surface area contributed by atoms with Crippen LogP contribution < -0.4 is 10.0 Å². The number of carbonyl (C=O) groups is 3. The van der Waals surface area contributed by atoms with Crippen molar-refractivity contribution >= 4 is 33.4 Å². The molecule has 31 heavy (non-hydrogen) atoms. The zero-order chi connectivity index (χ0) is 23.2. The smallest absolute Gasteiger partial charge is 0.307 e. The number of nitrogens with one attached hydrogen (secondary N) is 2. The van der Waals surface area contributed by atoms with Crippen molar-refractivity contribution in [3.8, 4) is 0 Å². The molecular formula is C22H26N2O6S. The third-order valence-electron chi connectivity index (χ3n) is 4.43. The molecule has 0 unspecified atom stereocenters. The maximum absolute atomic E-state index is 12.4. The molecule has 0 saturated heterocycles. The van der Waals surface area contributed by atoms with Gasteiger partial charge in [-0.1, -0.05) is 17.7 Å². The second kappa shape index (κ2) is 10.3. The predicted octanol–water partition coefficient (Wildman–Crippen LogP) is 2.66. The Morgan fingerprint density at radius 1 is 0.968 bits per heavy atom. The van der Waals surface area contributed by atoms with Crippen molar-refractivity contribution in [2.75, 3.05) is 18.5 Å². The molecule has 0 aliphatic carbocycles. The van der Waals surface area contributed by atoms with E-state index in [2.05, 4.69) is 10.0 Å². The number of benzene rings is 2. The zero-order valence-electron chi connectivity index (χ0n) is 17.9. The van der Waals surface area contributed by atoms with Crippen LogP contribution in [-0.4, -0.2) is 39.2 Å². The summed E-state index contributed by atoms with van der Waals surface area (Å²) in [6.07, 6.45) is -0.220. The molecule has 0 aliphatic heterocycles. The molecule has 0 spiro atoms. The van der Waals surface area contributed by atoms with Crippen LogP contribution >= 0.6 is 0 Å². The van der Waals surface area contributed by atoms with E-state index in [0.29, 0.717) is 11.3 Å². The predicted molar refractivity (Wildman–Crippen MR) is 116 cm³/mol. The molecule has 1 amide bonds. The lowest BCUT2D eigenvalue weighted by Crippen LogP contribution is -2.27. The molecule has 0 aliphatic rings. The number of carbonyl (C=O) groups excluding carboxylic acids is 3. The quantitative estimate of drug-likeness (QED) is 0.452. The van der Waals surface area contributed by atoms with E-state index in [0.717, 1.165) is 16.7 Å². The van der Waals surface area contributed by atoms with E-state index in [1.165, 1.54) is 31.2 Å². The molecule has 2 aromatic carbocycles. The van der Waals surface area contributed by atoms with Gasteiger partial charge in [0, 0.05) is 24.7 Å². The first-order chi connectivity index (χ1) is 14.5. The summed E-state index contributed by atoms with van der Waals surface area (Å²) in [5, 5.41) is 2.54. The summed E-state index contributed by atoms with van der Waals surface area (Å²) in [6, 6.07) is 9.39. The fraction of sp³-hybridized carbons (Fsp3) is 0.318. The number of esters is 1. The maximum atomic E-state index is 12.4. The lowest BCUT2D eigenvalue weighted by Gasteiger charge is -2.11. The topological polar surface area (TPSA) is 119 Å². The summed E-state index contributed by atoms with van der Waals surface area (Å²) in [7, 11) is -3.83. The minimum atomic E-state index is -3.83. The highest BCUT2D eigenvalue weighted by Crippen LogP contribution is 2.17. The van der Waals surface area contributed by atoms with Crippen molar-refractivity contribution in [3.63, 3.8) is 0 Å². The highest BCUT2D eigenvalue weighted by molar-refractivity contribution is 7.89. The van der Waals surface area contributed by atoms with Crippen molar-refractivity contribution in [1.82, 2.24) is 4.72 Å². The van der Waals surface area contributed by atoms with E-state index in [4.69, 9.17) is 4.74 Å². The molecule has 0 atom stereocenters. The van der Waals surface area contributed by atoms with E-state index < -0.39 is 22.6 Å². The third kappa shape index (κ3) is 7.01. The summed E-state index contributed by atoms with van der Waals surface area (Å²) >= 11 is 0. The summed E-state index contributed by atoms with van der Waals surface area (Å²) < 4.78 is 31.9. The number of anilines is 1. The number of Topliss-reactive ketones (excluding diaryl/α,β-unsaturated/α-hetero) is 1. The van der Waals surface area contributed by atoms with Crippen molar-refractivity contribution in [3.05, 3.63) is 58.7 Å². The highest BCUT2D eigenvalue weighted by atomic mass is 32.2. The molecule has 8 nitrogen and oxygen atoms in total. The van der Waals surface area contributed by atoms with E-state index in [1.54, 1.807) is 0 Å². The van der Waals surface area contributed by atoms with Crippen molar-refractivity contribution in [2.24, 2.45) is 0 Å². The van der Waals surface area contributed by atoms with Gasteiger partial charge >= 0.3 is 5.97 Å².